The second-order valence-electron chi connectivity index (χ2n) is 11.0. The molecule has 3 aromatic carbocycles. The summed E-state index contributed by atoms with van der Waals surface area (Å²) in [6.45, 7) is 9.28. The van der Waals surface area contributed by atoms with Crippen LogP contribution in [0.3, 0.4) is 0 Å². The molecular weight excluding hydrogens is 514 g/mol. The normalized spacial score (nSPS) is 17.3. The van der Waals surface area contributed by atoms with E-state index >= 15 is 0 Å². The third-order valence-electron chi connectivity index (χ3n) is 7.14. The smallest absolute Gasteiger partial charge is 0.414 e. The molecule has 8 heteroatoms. The van der Waals surface area contributed by atoms with Crippen molar-refractivity contribution in [3.8, 4) is 11.1 Å². The average molecular weight is 548 g/mol. The maximum Gasteiger partial charge on any atom is 0.414 e. The zero-order valence-corrected chi connectivity index (χ0v) is 23.6. The number of hydrogen-bond acceptors (Lipinski definition) is 6. The quantitative estimate of drug-likeness (QED) is 0.360. The molecule has 1 saturated heterocycles. The second kappa shape index (κ2) is 10.9. The molecule has 39 heavy (non-hydrogen) atoms. The Bertz CT molecular complexity index is 1370. The molecule has 0 aromatic heterocycles. The molecule has 1 unspecified atom stereocenters. The molecular formula is C31H34ClN3O4. The highest BCUT2D eigenvalue weighted by atomic mass is 35.5. The molecule has 0 aliphatic carbocycles. The van der Waals surface area contributed by atoms with Gasteiger partial charge < -0.3 is 14.4 Å². The average Bonchev–Trinajstić information content (AvgIpc) is 2.91. The predicted molar refractivity (Wildman–Crippen MR) is 155 cm³/mol. The van der Waals surface area contributed by atoms with Gasteiger partial charge in [-0.05, 0) is 67.8 Å². The molecule has 0 radical (unpaired) electrons. The number of carbonyl (C=O) groups is 2. The van der Waals surface area contributed by atoms with Gasteiger partial charge >= 0.3 is 12.1 Å². The Labute approximate surface area is 234 Å². The molecule has 1 amide bonds. The Morgan fingerprint density at radius 2 is 1.69 bits per heavy atom. The molecule has 1 fully saturated rings. The first-order chi connectivity index (χ1) is 18.6. The van der Waals surface area contributed by atoms with Crippen LogP contribution in [0.1, 0.15) is 36.7 Å². The number of amides is 1. The Balaban J connectivity index is 1.41. The van der Waals surface area contributed by atoms with Crippen molar-refractivity contribution in [1.82, 2.24) is 4.90 Å². The summed E-state index contributed by atoms with van der Waals surface area (Å²) in [5, 5.41) is 0.721. The number of methoxy groups -OCH3 is 1. The molecule has 3 aromatic rings. The van der Waals surface area contributed by atoms with Crippen LogP contribution in [0.15, 0.2) is 66.7 Å². The van der Waals surface area contributed by atoms with E-state index in [9.17, 15) is 9.59 Å². The summed E-state index contributed by atoms with van der Waals surface area (Å²) >= 11 is 6.12. The van der Waals surface area contributed by atoms with Gasteiger partial charge in [0.25, 0.3) is 0 Å². The molecule has 5 rings (SSSR count). The van der Waals surface area contributed by atoms with Crippen LogP contribution in [-0.4, -0.2) is 61.9 Å². The number of ether oxygens (including phenoxy) is 2. The molecule has 204 valence electrons. The molecule has 2 heterocycles. The summed E-state index contributed by atoms with van der Waals surface area (Å²) in [7, 11) is 1.35. The van der Waals surface area contributed by atoms with Crippen LogP contribution in [0.4, 0.5) is 16.2 Å². The Morgan fingerprint density at radius 3 is 2.41 bits per heavy atom. The van der Waals surface area contributed by atoms with Gasteiger partial charge in [0.1, 0.15) is 5.60 Å². The topological polar surface area (TPSA) is 62.3 Å². The van der Waals surface area contributed by atoms with E-state index < -0.39 is 17.7 Å². The van der Waals surface area contributed by atoms with Crippen LogP contribution < -0.4 is 9.80 Å². The first kappa shape index (κ1) is 27.0. The van der Waals surface area contributed by atoms with E-state index in [4.69, 9.17) is 21.1 Å². The molecule has 2 aliphatic heterocycles. The van der Waals surface area contributed by atoms with Crippen LogP contribution in [0.25, 0.3) is 11.1 Å². The van der Waals surface area contributed by atoms with Gasteiger partial charge in [0.2, 0.25) is 0 Å². The van der Waals surface area contributed by atoms with Crippen LogP contribution in [0.2, 0.25) is 5.02 Å². The minimum Gasteiger partial charge on any atom is -0.465 e. The van der Waals surface area contributed by atoms with Gasteiger partial charge in [-0.25, -0.2) is 9.59 Å². The van der Waals surface area contributed by atoms with Crippen molar-refractivity contribution >= 4 is 35.0 Å². The van der Waals surface area contributed by atoms with Gasteiger partial charge in [0, 0.05) is 31.2 Å². The number of fused-ring (bicyclic) bond motifs is 3. The number of piperazine rings is 1. The summed E-state index contributed by atoms with van der Waals surface area (Å²) in [6, 6.07) is 21.9. The van der Waals surface area contributed by atoms with Gasteiger partial charge in [-0.15, -0.1) is 0 Å². The van der Waals surface area contributed by atoms with Crippen molar-refractivity contribution < 1.29 is 19.1 Å². The maximum atomic E-state index is 13.3. The van der Waals surface area contributed by atoms with Crippen LogP contribution in [0, 0.1) is 0 Å². The van der Waals surface area contributed by atoms with Crippen molar-refractivity contribution in [3.05, 3.63) is 82.9 Å². The third kappa shape index (κ3) is 5.89. The zero-order chi connectivity index (χ0) is 27.7. The maximum absolute atomic E-state index is 13.3. The monoisotopic (exact) mass is 547 g/mol. The van der Waals surface area contributed by atoms with E-state index in [1.54, 1.807) is 17.0 Å². The molecule has 0 saturated carbocycles. The minimum absolute atomic E-state index is 0.0745. The molecule has 0 spiro atoms. The molecule has 0 N–H and O–H groups in total. The highest BCUT2D eigenvalue weighted by molar-refractivity contribution is 6.30. The van der Waals surface area contributed by atoms with Crippen LogP contribution >= 0.6 is 11.6 Å². The van der Waals surface area contributed by atoms with E-state index in [0.717, 1.165) is 42.5 Å². The highest BCUT2D eigenvalue weighted by Crippen LogP contribution is 2.39. The zero-order valence-electron chi connectivity index (χ0n) is 22.8. The lowest BCUT2D eigenvalue weighted by atomic mass is 9.98. The number of carbonyl (C=O) groups excluding carboxylic acids is 2. The summed E-state index contributed by atoms with van der Waals surface area (Å²) in [5.74, 6) is -0.437. The van der Waals surface area contributed by atoms with Gasteiger partial charge in [0.15, 0.2) is 0 Å². The summed E-state index contributed by atoms with van der Waals surface area (Å²) in [6.07, 6.45) is -0.421. The lowest BCUT2D eigenvalue weighted by molar-refractivity contribution is 0.0565. The van der Waals surface area contributed by atoms with Crippen molar-refractivity contribution in [2.24, 2.45) is 0 Å². The number of hydrogen-bond donors (Lipinski definition) is 0. The van der Waals surface area contributed by atoms with E-state index in [0.29, 0.717) is 17.8 Å². The number of benzene rings is 3. The SMILES string of the molecule is COC(=O)c1ccc2c(c1)N(C(=O)OC(C)(C)C)CC1CN(Cc3ccccc3-c3ccc(Cl)cc3)CCN21. The van der Waals surface area contributed by atoms with E-state index in [2.05, 4.69) is 46.2 Å². The van der Waals surface area contributed by atoms with Gasteiger partial charge in [-0.2, -0.15) is 0 Å². The molecule has 1 atom stereocenters. The van der Waals surface area contributed by atoms with Crippen LogP contribution in [0.5, 0.6) is 0 Å². The molecule has 7 nitrogen and oxygen atoms in total. The van der Waals surface area contributed by atoms with Crippen molar-refractivity contribution in [3.63, 3.8) is 0 Å². The summed E-state index contributed by atoms with van der Waals surface area (Å²) in [5.41, 5.74) is 4.93. The number of halogens is 1. The summed E-state index contributed by atoms with van der Waals surface area (Å²) in [4.78, 5) is 32.1. The lowest BCUT2D eigenvalue weighted by Crippen LogP contribution is -2.60. The molecule has 0 bridgehead atoms. The largest absolute Gasteiger partial charge is 0.465 e. The van der Waals surface area contributed by atoms with Gasteiger partial charge in [-0.3, -0.25) is 9.80 Å². The fourth-order valence-electron chi connectivity index (χ4n) is 5.37. The van der Waals surface area contributed by atoms with Gasteiger partial charge in [-0.1, -0.05) is 48.0 Å². The van der Waals surface area contributed by atoms with E-state index in [1.165, 1.54) is 18.2 Å². The second-order valence-corrected chi connectivity index (χ2v) is 11.5. The van der Waals surface area contributed by atoms with Crippen molar-refractivity contribution in [2.75, 3.05) is 43.1 Å². The Kier molecular flexibility index (Phi) is 7.56. The van der Waals surface area contributed by atoms with Crippen LogP contribution in [-0.2, 0) is 16.0 Å². The predicted octanol–water partition coefficient (Wildman–Crippen LogP) is 6.24. The number of nitrogens with zero attached hydrogens (tertiary/aromatic N) is 3. The summed E-state index contributed by atoms with van der Waals surface area (Å²) < 4.78 is 10.7. The number of rotatable bonds is 4. The first-order valence-electron chi connectivity index (χ1n) is 13.2. The lowest BCUT2D eigenvalue weighted by Gasteiger charge is -2.49. The highest BCUT2D eigenvalue weighted by Gasteiger charge is 2.39. The number of anilines is 2. The minimum atomic E-state index is -0.641. The van der Waals surface area contributed by atoms with E-state index in [1.807, 2.05) is 39.0 Å². The van der Waals surface area contributed by atoms with E-state index in [-0.39, 0.29) is 6.04 Å². The molecule has 2 aliphatic rings. The van der Waals surface area contributed by atoms with Gasteiger partial charge in [0.05, 0.1) is 36.6 Å². The third-order valence-corrected chi connectivity index (χ3v) is 7.39. The number of esters is 1. The fraction of sp³-hybridized carbons (Fsp3) is 0.355. The Hall–Kier alpha value is -3.55. The van der Waals surface area contributed by atoms with Crippen molar-refractivity contribution in [2.45, 2.75) is 39.0 Å². The Morgan fingerprint density at radius 1 is 0.949 bits per heavy atom. The first-order valence-corrected chi connectivity index (χ1v) is 13.6. The standard InChI is InChI=1S/C31H34ClN3O4/c1-31(2,3)39-30(37)35-20-25-19-33(15-16-34(25)27-14-11-22(17-28(27)35)29(36)38-4)18-23-7-5-6-8-26(23)21-9-12-24(32)13-10-21/h5-14,17,25H,15-16,18-20H2,1-4H3. The van der Waals surface area contributed by atoms with Crippen molar-refractivity contribution in [1.29, 1.82) is 0 Å². The fourth-order valence-corrected chi connectivity index (χ4v) is 5.50.